The monoisotopic (exact) mass is 465 g/mol. The predicted molar refractivity (Wildman–Crippen MR) is 129 cm³/mol. The second kappa shape index (κ2) is 9.79. The van der Waals surface area contributed by atoms with Crippen molar-refractivity contribution >= 4 is 22.6 Å². The number of likely N-dealkylation sites (N-methyl/N-ethyl adjacent to an activating group) is 1. The van der Waals surface area contributed by atoms with Crippen molar-refractivity contribution in [3.05, 3.63) is 33.9 Å². The molecule has 4 rings (SSSR count). The Hall–Kier alpha value is -3.49. The number of nitrogens with zero attached hydrogens (tertiary/aromatic N) is 3. The van der Waals surface area contributed by atoms with E-state index < -0.39 is 17.2 Å². The molecule has 2 aromatic rings. The molecule has 7 nitrogen and oxygen atoms in total. The van der Waals surface area contributed by atoms with Gasteiger partial charge in [-0.25, -0.2) is 9.18 Å². The second-order valence-electron chi connectivity index (χ2n) is 8.94. The summed E-state index contributed by atoms with van der Waals surface area (Å²) < 4.78 is 28.6. The minimum atomic E-state index is -0.779. The summed E-state index contributed by atoms with van der Waals surface area (Å²) in [5.74, 6) is 3.86. The van der Waals surface area contributed by atoms with Crippen molar-refractivity contribution in [2.45, 2.75) is 25.8 Å². The largest absolute Gasteiger partial charge is 0.487 e. The molecule has 1 fully saturated rings. The Kier molecular flexibility index (Phi) is 6.81. The third-order valence-electron chi connectivity index (χ3n) is 6.44. The highest BCUT2D eigenvalue weighted by molar-refractivity contribution is 5.98. The lowest BCUT2D eigenvalue weighted by molar-refractivity contribution is 0.0441. The van der Waals surface area contributed by atoms with Crippen LogP contribution in [-0.4, -0.2) is 61.9 Å². The molecule has 8 heteroatoms. The molecular formula is C26H28FN3O4. The van der Waals surface area contributed by atoms with Gasteiger partial charge in [-0.2, -0.15) is 0 Å². The summed E-state index contributed by atoms with van der Waals surface area (Å²) in [7, 11) is 2.02. The fraction of sp³-hybridized carbons (Fsp3) is 0.462. The summed E-state index contributed by atoms with van der Waals surface area (Å²) in [6.45, 7) is 5.10. The van der Waals surface area contributed by atoms with E-state index >= 15 is 4.39 Å². The Morgan fingerprint density at radius 3 is 2.59 bits per heavy atom. The number of carbonyl (C=O) groups excluding carboxylic acids is 1. The number of piperazine rings is 1. The number of carbonyl (C=O) groups is 1. The third-order valence-corrected chi connectivity index (χ3v) is 6.44. The second-order valence-corrected chi connectivity index (χ2v) is 8.94. The Labute approximate surface area is 198 Å². The summed E-state index contributed by atoms with van der Waals surface area (Å²) in [6.07, 6.45) is 12.9. The molecule has 0 radical (unpaired) electrons. The highest BCUT2D eigenvalue weighted by Gasteiger charge is 2.31. The minimum Gasteiger partial charge on any atom is -0.487 e. The molecular weight excluding hydrogens is 437 g/mol. The number of esters is 1. The molecule has 0 aliphatic carbocycles. The van der Waals surface area contributed by atoms with Crippen LogP contribution in [0.3, 0.4) is 0 Å². The topological polar surface area (TPSA) is 64.0 Å². The molecule has 1 saturated heterocycles. The van der Waals surface area contributed by atoms with Gasteiger partial charge in [-0.1, -0.05) is 0 Å². The van der Waals surface area contributed by atoms with Crippen LogP contribution in [0.5, 0.6) is 5.75 Å². The molecule has 0 spiro atoms. The van der Waals surface area contributed by atoms with E-state index in [1.807, 2.05) is 23.4 Å². The predicted octanol–water partition coefficient (Wildman–Crippen LogP) is 2.67. The fourth-order valence-corrected chi connectivity index (χ4v) is 4.48. The van der Waals surface area contributed by atoms with Gasteiger partial charge in [0, 0.05) is 51.1 Å². The number of benzene rings is 1. The smallest absolute Gasteiger partial charge is 0.343 e. The Morgan fingerprint density at radius 2 is 1.94 bits per heavy atom. The first-order valence-electron chi connectivity index (χ1n) is 11.4. The van der Waals surface area contributed by atoms with Gasteiger partial charge in [0.25, 0.3) is 0 Å². The van der Waals surface area contributed by atoms with Gasteiger partial charge in [0.15, 0.2) is 11.6 Å². The van der Waals surface area contributed by atoms with Crippen molar-refractivity contribution in [1.29, 1.82) is 0 Å². The quantitative estimate of drug-likeness (QED) is 0.483. The lowest BCUT2D eigenvalue weighted by Crippen LogP contribution is -2.45. The first kappa shape index (κ1) is 23.7. The molecule has 34 heavy (non-hydrogen) atoms. The first-order valence-corrected chi connectivity index (χ1v) is 11.4. The number of hydrogen-bond acceptors (Lipinski definition) is 6. The summed E-state index contributed by atoms with van der Waals surface area (Å²) in [6, 6.07) is 1.05. The van der Waals surface area contributed by atoms with Crippen LogP contribution in [0.15, 0.2) is 17.1 Å². The van der Waals surface area contributed by atoms with Crippen LogP contribution in [0.4, 0.5) is 10.1 Å². The SMILES string of the molecule is C#CCC(CC#C)COC(=O)c1cn2c3c(c(N4CCN(C)CC4)c(F)cc3c1=O)OC[C@@H]2C. The van der Waals surface area contributed by atoms with E-state index in [-0.39, 0.29) is 36.1 Å². The Bertz CT molecular complexity index is 1230. The molecule has 0 unspecified atom stereocenters. The number of halogens is 1. The number of pyridine rings is 1. The maximum Gasteiger partial charge on any atom is 0.343 e. The summed E-state index contributed by atoms with van der Waals surface area (Å²) in [5.41, 5.74) is 0.110. The van der Waals surface area contributed by atoms with Crippen molar-refractivity contribution in [1.82, 2.24) is 9.47 Å². The van der Waals surface area contributed by atoms with Gasteiger partial charge in [0.2, 0.25) is 5.43 Å². The lowest BCUT2D eigenvalue weighted by Gasteiger charge is -2.37. The molecule has 1 aromatic heterocycles. The van der Waals surface area contributed by atoms with Crippen LogP contribution in [0.2, 0.25) is 0 Å². The van der Waals surface area contributed by atoms with E-state index in [1.54, 1.807) is 0 Å². The van der Waals surface area contributed by atoms with Crippen molar-refractivity contribution in [2.75, 3.05) is 51.3 Å². The van der Waals surface area contributed by atoms with Gasteiger partial charge < -0.3 is 23.8 Å². The van der Waals surface area contributed by atoms with Crippen LogP contribution in [0, 0.1) is 36.4 Å². The van der Waals surface area contributed by atoms with Gasteiger partial charge in [-0.05, 0) is 20.0 Å². The normalized spacial score (nSPS) is 17.8. The molecule has 1 atom stereocenters. The van der Waals surface area contributed by atoms with Gasteiger partial charge in [-0.3, -0.25) is 4.79 Å². The summed E-state index contributed by atoms with van der Waals surface area (Å²) in [4.78, 5) is 30.3. The van der Waals surface area contributed by atoms with Gasteiger partial charge in [-0.15, -0.1) is 24.7 Å². The van der Waals surface area contributed by atoms with E-state index in [1.165, 1.54) is 12.3 Å². The Morgan fingerprint density at radius 1 is 1.26 bits per heavy atom. The summed E-state index contributed by atoms with van der Waals surface area (Å²) in [5, 5.41) is 0.0928. The van der Waals surface area contributed by atoms with E-state index in [4.69, 9.17) is 22.3 Å². The molecule has 3 heterocycles. The van der Waals surface area contributed by atoms with Gasteiger partial charge in [0.1, 0.15) is 17.9 Å². The Balaban J connectivity index is 1.75. The van der Waals surface area contributed by atoms with E-state index in [0.717, 1.165) is 13.1 Å². The molecule has 178 valence electrons. The third kappa shape index (κ3) is 4.34. The number of anilines is 1. The zero-order chi connectivity index (χ0) is 24.4. The number of rotatable bonds is 6. The molecule has 2 aliphatic heterocycles. The van der Waals surface area contributed by atoms with Crippen LogP contribution in [0.1, 0.15) is 36.2 Å². The van der Waals surface area contributed by atoms with Crippen molar-refractivity contribution in [2.24, 2.45) is 5.92 Å². The zero-order valence-electron chi connectivity index (χ0n) is 19.5. The van der Waals surface area contributed by atoms with Crippen LogP contribution in [-0.2, 0) is 4.74 Å². The van der Waals surface area contributed by atoms with E-state index in [9.17, 15) is 9.59 Å². The van der Waals surface area contributed by atoms with Crippen molar-refractivity contribution in [3.8, 4) is 30.4 Å². The standard InChI is InChI=1S/C26H28FN3O4/c1-5-7-18(8-6-2)16-34-26(32)20-14-30-17(3)15-33-25-22(30)19(24(20)31)13-21(27)23(25)29-11-9-28(4)10-12-29/h1-2,13-14,17-18H,7-12,15-16H2,3-4H3/t17-/m0/s1. The number of aromatic nitrogens is 1. The highest BCUT2D eigenvalue weighted by atomic mass is 19.1. The van der Waals surface area contributed by atoms with Crippen molar-refractivity contribution in [3.63, 3.8) is 0 Å². The number of hydrogen-bond donors (Lipinski definition) is 0. The molecule has 0 saturated carbocycles. The lowest BCUT2D eigenvalue weighted by atomic mass is 10.0. The molecule has 1 aromatic carbocycles. The zero-order valence-corrected chi connectivity index (χ0v) is 19.5. The molecule has 0 N–H and O–H groups in total. The molecule has 0 bridgehead atoms. The first-order chi connectivity index (χ1) is 16.3. The van der Waals surface area contributed by atoms with E-state index in [2.05, 4.69) is 16.7 Å². The summed E-state index contributed by atoms with van der Waals surface area (Å²) >= 11 is 0. The van der Waals surface area contributed by atoms with Crippen LogP contribution in [0.25, 0.3) is 10.9 Å². The average molecular weight is 466 g/mol. The van der Waals surface area contributed by atoms with Gasteiger partial charge >= 0.3 is 5.97 Å². The van der Waals surface area contributed by atoms with Crippen LogP contribution >= 0.6 is 0 Å². The van der Waals surface area contributed by atoms with Crippen LogP contribution < -0.4 is 15.1 Å². The number of terminal acetylenes is 2. The average Bonchev–Trinajstić information content (AvgIpc) is 2.82. The highest BCUT2D eigenvalue weighted by Crippen LogP contribution is 2.42. The number of ether oxygens (including phenoxy) is 2. The maximum atomic E-state index is 15.4. The van der Waals surface area contributed by atoms with Crippen molar-refractivity contribution < 1.29 is 18.7 Å². The molecule has 0 amide bonds. The minimum absolute atomic E-state index is 0.00529. The van der Waals surface area contributed by atoms with E-state index in [0.29, 0.717) is 42.9 Å². The fourth-order valence-electron chi connectivity index (χ4n) is 4.48. The molecule has 2 aliphatic rings. The maximum absolute atomic E-state index is 15.4. The van der Waals surface area contributed by atoms with Gasteiger partial charge in [0.05, 0.1) is 23.6 Å².